The normalized spacial score (nSPS) is 13.8. The summed E-state index contributed by atoms with van der Waals surface area (Å²) in [7, 11) is 0. The smallest absolute Gasteiger partial charge is 0.326 e. The monoisotopic (exact) mass is 466 g/mol. The van der Waals surface area contributed by atoms with Crippen molar-refractivity contribution in [3.63, 3.8) is 0 Å². The van der Waals surface area contributed by atoms with Crippen LogP contribution in [0.2, 0.25) is 0 Å². The van der Waals surface area contributed by atoms with Crippen LogP contribution in [0.4, 0.5) is 42.1 Å². The van der Waals surface area contributed by atoms with Crippen LogP contribution in [0, 0.1) is 29.2 Å². The molecule has 2 aromatic carbocycles. The maximum atomic E-state index is 13.9. The lowest BCUT2D eigenvalue weighted by molar-refractivity contribution is -0.143. The van der Waals surface area contributed by atoms with Crippen LogP contribution < -0.4 is 10.6 Å². The predicted octanol–water partition coefficient (Wildman–Crippen LogP) is 5.34. The summed E-state index contributed by atoms with van der Waals surface area (Å²) >= 11 is 0.865. The molecule has 0 bridgehead atoms. The third-order valence-corrected chi connectivity index (χ3v) is 5.22. The molecule has 1 aliphatic rings. The summed E-state index contributed by atoms with van der Waals surface area (Å²) in [6.45, 7) is 0. The lowest BCUT2D eigenvalue weighted by atomic mass is 10.1. The Bertz CT molecular complexity index is 1010. The minimum absolute atomic E-state index is 0.0311. The van der Waals surface area contributed by atoms with E-state index in [1.807, 2.05) is 0 Å². The van der Waals surface area contributed by atoms with Crippen LogP contribution in [0.3, 0.4) is 0 Å². The molecule has 3 rings (SSSR count). The van der Waals surface area contributed by atoms with Gasteiger partial charge in [-0.15, -0.1) is 11.8 Å². The Morgan fingerprint density at radius 1 is 0.968 bits per heavy atom. The quantitative estimate of drug-likeness (QED) is 0.343. The zero-order valence-corrected chi connectivity index (χ0v) is 16.2. The average Bonchev–Trinajstić information content (AvgIpc) is 3.53. The van der Waals surface area contributed by atoms with Crippen molar-refractivity contribution in [3.05, 3.63) is 53.1 Å². The van der Waals surface area contributed by atoms with E-state index in [0.29, 0.717) is 10.6 Å². The molecule has 1 saturated carbocycles. The maximum Gasteiger partial charge on any atom is 0.422 e. The van der Waals surface area contributed by atoms with Gasteiger partial charge in [0.05, 0.1) is 5.75 Å². The van der Waals surface area contributed by atoms with Gasteiger partial charge < -0.3 is 10.6 Å². The summed E-state index contributed by atoms with van der Waals surface area (Å²) in [6.07, 6.45) is -4.06. The number of hydrogen-bond acceptors (Lipinski definition) is 3. The number of halogens is 7. The molecule has 12 heteroatoms. The second-order valence-corrected chi connectivity index (χ2v) is 7.68. The Hall–Kier alpha value is -2.76. The lowest BCUT2D eigenvalue weighted by Crippen LogP contribution is -2.21. The predicted molar refractivity (Wildman–Crippen MR) is 98.4 cm³/mol. The Labute approximate surface area is 175 Å². The zero-order valence-electron chi connectivity index (χ0n) is 15.4. The number of benzene rings is 2. The number of amides is 2. The molecular formula is C19H13F7N2O2S. The van der Waals surface area contributed by atoms with Crippen molar-refractivity contribution >= 4 is 35.0 Å². The van der Waals surface area contributed by atoms with E-state index in [9.17, 15) is 40.3 Å². The Morgan fingerprint density at radius 2 is 1.58 bits per heavy atom. The highest BCUT2D eigenvalue weighted by Crippen LogP contribution is 2.38. The summed E-state index contributed by atoms with van der Waals surface area (Å²) in [5.74, 6) is -11.8. The van der Waals surface area contributed by atoms with Crippen molar-refractivity contribution < 1.29 is 40.3 Å². The van der Waals surface area contributed by atoms with E-state index < -0.39 is 52.4 Å². The fourth-order valence-corrected chi connectivity index (χ4v) is 3.32. The van der Waals surface area contributed by atoms with Gasteiger partial charge in [-0.05, 0) is 31.0 Å². The van der Waals surface area contributed by atoms with Gasteiger partial charge in [0.15, 0.2) is 23.3 Å². The first-order valence-corrected chi connectivity index (χ1v) is 9.74. The number of anilines is 2. The minimum Gasteiger partial charge on any atom is -0.326 e. The molecule has 31 heavy (non-hydrogen) atoms. The highest BCUT2D eigenvalue weighted by Gasteiger charge is 2.42. The Morgan fingerprint density at radius 3 is 2.13 bits per heavy atom. The van der Waals surface area contributed by atoms with Gasteiger partial charge in [0, 0.05) is 16.5 Å². The SMILES string of the molecule is O=C(CSc1cccc(NC(=O)C2CC2)c1)Nc1c(F)c(F)c(C(F)(F)F)c(F)c1F. The van der Waals surface area contributed by atoms with Crippen LogP contribution in [-0.2, 0) is 15.8 Å². The highest BCUT2D eigenvalue weighted by molar-refractivity contribution is 8.00. The number of hydrogen-bond donors (Lipinski definition) is 2. The summed E-state index contributed by atoms with van der Waals surface area (Å²) in [5, 5.41) is 4.24. The zero-order chi connectivity index (χ0) is 22.9. The van der Waals surface area contributed by atoms with Crippen molar-refractivity contribution in [2.45, 2.75) is 23.9 Å². The van der Waals surface area contributed by atoms with Crippen LogP contribution in [0.15, 0.2) is 29.2 Å². The Balaban J connectivity index is 1.68. The van der Waals surface area contributed by atoms with Gasteiger partial charge in [-0.1, -0.05) is 6.07 Å². The minimum atomic E-state index is -5.67. The van der Waals surface area contributed by atoms with Gasteiger partial charge in [-0.2, -0.15) is 13.2 Å². The number of carbonyl (C=O) groups excluding carboxylic acids is 2. The second-order valence-electron chi connectivity index (χ2n) is 6.63. The van der Waals surface area contributed by atoms with Gasteiger partial charge in [-0.3, -0.25) is 9.59 Å². The molecule has 2 aromatic rings. The van der Waals surface area contributed by atoms with Crippen molar-refractivity contribution in [2.75, 3.05) is 16.4 Å². The molecule has 1 aliphatic carbocycles. The standard InChI is InChI=1S/C19H13F7N2O2S/c20-13-12(19(24,25)26)14(21)16(23)17(15(13)22)28-11(29)7-31-10-3-1-2-9(6-10)27-18(30)8-4-5-8/h1-3,6,8H,4-5,7H2,(H,27,30)(H,28,29). The van der Waals surface area contributed by atoms with Crippen LogP contribution in [-0.4, -0.2) is 17.6 Å². The van der Waals surface area contributed by atoms with E-state index in [-0.39, 0.29) is 11.8 Å². The van der Waals surface area contributed by atoms with Gasteiger partial charge >= 0.3 is 6.18 Å². The van der Waals surface area contributed by atoms with Crippen LogP contribution in [0.25, 0.3) is 0 Å². The molecule has 0 saturated heterocycles. The molecule has 0 aliphatic heterocycles. The van der Waals surface area contributed by atoms with Crippen molar-refractivity contribution in [1.29, 1.82) is 0 Å². The molecule has 0 atom stereocenters. The number of carbonyl (C=O) groups is 2. The first kappa shape index (κ1) is 22.9. The largest absolute Gasteiger partial charge is 0.422 e. The molecule has 4 nitrogen and oxygen atoms in total. The first-order valence-electron chi connectivity index (χ1n) is 8.75. The van der Waals surface area contributed by atoms with Gasteiger partial charge in [0.1, 0.15) is 11.3 Å². The second kappa shape index (κ2) is 8.77. The maximum absolute atomic E-state index is 13.9. The number of alkyl halides is 3. The van der Waals surface area contributed by atoms with Crippen molar-refractivity contribution in [2.24, 2.45) is 5.92 Å². The summed E-state index contributed by atoms with van der Waals surface area (Å²) in [5.41, 5.74) is -3.91. The fraction of sp³-hybridized carbons (Fsp3) is 0.263. The molecule has 0 aromatic heterocycles. The molecule has 0 spiro atoms. The third-order valence-electron chi connectivity index (χ3n) is 4.23. The number of nitrogens with one attached hydrogen (secondary N) is 2. The van der Waals surface area contributed by atoms with E-state index in [1.54, 1.807) is 23.5 Å². The van der Waals surface area contributed by atoms with Crippen LogP contribution >= 0.6 is 11.8 Å². The lowest BCUT2D eigenvalue weighted by Gasteiger charge is -2.14. The van der Waals surface area contributed by atoms with Gasteiger partial charge in [0.25, 0.3) is 0 Å². The molecule has 166 valence electrons. The fourth-order valence-electron chi connectivity index (χ4n) is 2.57. The van der Waals surface area contributed by atoms with E-state index >= 15 is 0 Å². The van der Waals surface area contributed by atoms with E-state index in [4.69, 9.17) is 0 Å². The Kier molecular flexibility index (Phi) is 6.48. The summed E-state index contributed by atoms with van der Waals surface area (Å²) < 4.78 is 92.8. The highest BCUT2D eigenvalue weighted by atomic mass is 32.2. The van der Waals surface area contributed by atoms with Gasteiger partial charge in [-0.25, -0.2) is 17.6 Å². The summed E-state index contributed by atoms with van der Waals surface area (Å²) in [4.78, 5) is 24.2. The average molecular weight is 466 g/mol. The molecule has 2 N–H and O–H groups in total. The van der Waals surface area contributed by atoms with Crippen molar-refractivity contribution in [3.8, 4) is 0 Å². The topological polar surface area (TPSA) is 58.2 Å². The van der Waals surface area contributed by atoms with Crippen LogP contribution in [0.1, 0.15) is 18.4 Å². The van der Waals surface area contributed by atoms with E-state index in [0.717, 1.165) is 24.6 Å². The number of thioether (sulfide) groups is 1. The van der Waals surface area contributed by atoms with Crippen molar-refractivity contribution in [1.82, 2.24) is 0 Å². The first-order chi connectivity index (χ1) is 14.5. The number of rotatable bonds is 6. The molecule has 0 heterocycles. The summed E-state index contributed by atoms with van der Waals surface area (Å²) in [6, 6.07) is 6.31. The molecule has 2 amide bonds. The van der Waals surface area contributed by atoms with Crippen LogP contribution in [0.5, 0.6) is 0 Å². The molecule has 0 unspecified atom stereocenters. The van der Waals surface area contributed by atoms with Gasteiger partial charge in [0.2, 0.25) is 11.8 Å². The molecule has 0 radical (unpaired) electrons. The van der Waals surface area contributed by atoms with E-state index in [2.05, 4.69) is 5.32 Å². The van der Waals surface area contributed by atoms with E-state index in [1.165, 1.54) is 6.07 Å². The molecular weight excluding hydrogens is 453 g/mol. The molecule has 1 fully saturated rings. The third kappa shape index (κ3) is 5.30.